The summed E-state index contributed by atoms with van der Waals surface area (Å²) in [6.45, 7) is 1.53. The lowest BCUT2D eigenvalue weighted by Crippen LogP contribution is -2.34. The van der Waals surface area contributed by atoms with E-state index in [1.54, 1.807) is 18.2 Å². The fourth-order valence-corrected chi connectivity index (χ4v) is 3.59. The van der Waals surface area contributed by atoms with Crippen LogP contribution in [0.1, 0.15) is 15.9 Å². The van der Waals surface area contributed by atoms with Gasteiger partial charge in [0.15, 0.2) is 22.3 Å². The van der Waals surface area contributed by atoms with Gasteiger partial charge in [0.25, 0.3) is 11.6 Å². The maximum absolute atomic E-state index is 13.6. The highest BCUT2D eigenvalue weighted by Crippen LogP contribution is 2.32. The Morgan fingerprint density at radius 1 is 1.15 bits per heavy atom. The van der Waals surface area contributed by atoms with Crippen LogP contribution in [0.25, 0.3) is 22.6 Å². The molecule has 0 spiro atoms. The minimum absolute atomic E-state index is 0.000435. The summed E-state index contributed by atoms with van der Waals surface area (Å²) in [7, 11) is 0. The van der Waals surface area contributed by atoms with Gasteiger partial charge in [0, 0.05) is 22.9 Å². The van der Waals surface area contributed by atoms with Gasteiger partial charge in [-0.2, -0.15) is 0 Å². The number of fused-ring (bicyclic) bond motifs is 1. The number of hydrogen-bond donors (Lipinski definition) is 2. The van der Waals surface area contributed by atoms with Gasteiger partial charge < -0.3 is 9.73 Å². The summed E-state index contributed by atoms with van der Waals surface area (Å²) in [6, 6.07) is 10.5. The van der Waals surface area contributed by atoms with Crippen molar-refractivity contribution in [1.29, 1.82) is 0 Å². The Hall–Kier alpha value is -3.96. The van der Waals surface area contributed by atoms with Gasteiger partial charge in [-0.15, -0.1) is 0 Å². The van der Waals surface area contributed by atoms with Crippen molar-refractivity contribution in [3.63, 3.8) is 0 Å². The fraction of sp³-hybridized carbons (Fsp3) is 0.0455. The minimum atomic E-state index is -1.09. The van der Waals surface area contributed by atoms with E-state index in [0.717, 1.165) is 12.1 Å². The molecule has 0 bridgehead atoms. The maximum Gasteiger partial charge on any atom is 0.272 e. The number of aryl methyl sites for hydroxylation is 1. The zero-order valence-corrected chi connectivity index (χ0v) is 18.8. The number of anilines is 1. The van der Waals surface area contributed by atoms with E-state index in [-0.39, 0.29) is 32.8 Å². The highest BCUT2D eigenvalue weighted by atomic mass is 35.5. The molecule has 0 aliphatic rings. The molecule has 8 nitrogen and oxygen atoms in total. The van der Waals surface area contributed by atoms with Gasteiger partial charge >= 0.3 is 0 Å². The lowest BCUT2D eigenvalue weighted by Gasteiger charge is -2.10. The topological polar surface area (TPSA) is 110 Å². The summed E-state index contributed by atoms with van der Waals surface area (Å²) < 4.78 is 32.5. The number of carbonyl (C=O) groups is 1. The Kier molecular flexibility index (Phi) is 6.22. The molecule has 1 aromatic heterocycles. The molecule has 0 aliphatic carbocycles. The molecule has 0 fully saturated rings. The average Bonchev–Trinajstić information content (AvgIpc) is 3.18. The second-order valence-corrected chi connectivity index (χ2v) is 7.93. The van der Waals surface area contributed by atoms with E-state index < -0.39 is 22.5 Å². The molecule has 0 saturated carbocycles. The van der Waals surface area contributed by atoms with Crippen LogP contribution in [0, 0.1) is 28.7 Å². The molecule has 34 heavy (non-hydrogen) atoms. The van der Waals surface area contributed by atoms with Crippen LogP contribution >= 0.6 is 23.8 Å². The molecular formula is C22H13ClF2N4O4S. The van der Waals surface area contributed by atoms with Crippen LogP contribution in [0.2, 0.25) is 5.02 Å². The minimum Gasteiger partial charge on any atom is -0.436 e. The van der Waals surface area contributed by atoms with Crippen LogP contribution in [0.3, 0.4) is 0 Å². The number of aromatic nitrogens is 1. The normalized spacial score (nSPS) is 10.8. The van der Waals surface area contributed by atoms with Crippen LogP contribution < -0.4 is 10.6 Å². The van der Waals surface area contributed by atoms with Gasteiger partial charge in [-0.05, 0) is 61.6 Å². The predicted molar refractivity (Wildman–Crippen MR) is 126 cm³/mol. The second-order valence-electron chi connectivity index (χ2n) is 7.11. The van der Waals surface area contributed by atoms with Gasteiger partial charge in [0.05, 0.1) is 15.5 Å². The van der Waals surface area contributed by atoms with Crippen molar-refractivity contribution in [2.45, 2.75) is 6.92 Å². The molecule has 1 heterocycles. The number of nitrogens with one attached hydrogen (secondary N) is 2. The van der Waals surface area contributed by atoms with Gasteiger partial charge in [-0.3, -0.25) is 20.2 Å². The van der Waals surface area contributed by atoms with Gasteiger partial charge in [0.2, 0.25) is 5.89 Å². The molecule has 2 N–H and O–H groups in total. The molecule has 0 unspecified atom stereocenters. The van der Waals surface area contributed by atoms with E-state index in [0.29, 0.717) is 22.4 Å². The molecule has 1 amide bonds. The van der Waals surface area contributed by atoms with Crippen molar-refractivity contribution < 1.29 is 22.9 Å². The van der Waals surface area contributed by atoms with Crippen molar-refractivity contribution in [2.75, 3.05) is 5.32 Å². The molecule has 0 radical (unpaired) electrons. The molecule has 4 aromatic rings. The number of thiocarbonyl (C=S) groups is 1. The van der Waals surface area contributed by atoms with Crippen LogP contribution in [0.15, 0.2) is 52.9 Å². The zero-order chi connectivity index (χ0) is 24.6. The third-order valence-electron chi connectivity index (χ3n) is 4.77. The number of oxazole rings is 1. The van der Waals surface area contributed by atoms with Crippen LogP contribution in [0.4, 0.5) is 20.2 Å². The van der Waals surface area contributed by atoms with Crippen LogP contribution in [-0.4, -0.2) is 20.9 Å². The van der Waals surface area contributed by atoms with Crippen molar-refractivity contribution in [1.82, 2.24) is 10.3 Å². The first kappa shape index (κ1) is 23.2. The summed E-state index contributed by atoms with van der Waals surface area (Å²) >= 11 is 11.2. The second kappa shape index (κ2) is 9.12. The molecule has 172 valence electrons. The fourth-order valence-electron chi connectivity index (χ4n) is 3.15. The van der Waals surface area contributed by atoms with Crippen molar-refractivity contribution >= 4 is 57.3 Å². The van der Waals surface area contributed by atoms with E-state index in [2.05, 4.69) is 15.6 Å². The smallest absolute Gasteiger partial charge is 0.272 e. The largest absolute Gasteiger partial charge is 0.436 e. The van der Waals surface area contributed by atoms with E-state index in [9.17, 15) is 23.7 Å². The number of carbonyl (C=O) groups excluding carboxylic acids is 1. The highest BCUT2D eigenvalue weighted by Gasteiger charge is 2.17. The number of nitro groups is 1. The first-order valence-corrected chi connectivity index (χ1v) is 10.3. The van der Waals surface area contributed by atoms with Gasteiger partial charge in [-0.25, -0.2) is 13.8 Å². The quantitative estimate of drug-likeness (QED) is 0.158. The number of amides is 1. The van der Waals surface area contributed by atoms with Crippen molar-refractivity contribution in [3.05, 3.63) is 86.4 Å². The standard InChI is InChI=1S/C22H13ClF2N4O4S/c1-10-6-11(2-4-18(10)29(31)32)20(30)28-22(34)26-12-3-5-19-17(7-12)27-21(33-19)13-8-15(24)16(25)9-14(13)23/h2-9H,1H3,(H2,26,28,30,34). The predicted octanol–water partition coefficient (Wildman–Crippen LogP) is 5.77. The molecular weight excluding hydrogens is 490 g/mol. The van der Waals surface area contributed by atoms with Gasteiger partial charge in [0.1, 0.15) is 5.52 Å². The number of benzene rings is 3. The third-order valence-corrected chi connectivity index (χ3v) is 5.29. The molecule has 0 atom stereocenters. The summed E-state index contributed by atoms with van der Waals surface area (Å²) in [6.07, 6.45) is 0. The molecule has 0 saturated heterocycles. The summed E-state index contributed by atoms with van der Waals surface area (Å²) in [5, 5.41) is 16.2. The monoisotopic (exact) mass is 502 g/mol. The lowest BCUT2D eigenvalue weighted by molar-refractivity contribution is -0.385. The number of nitrogens with zero attached hydrogens (tertiary/aromatic N) is 2. The third kappa shape index (κ3) is 4.70. The lowest BCUT2D eigenvalue weighted by atomic mass is 10.1. The number of halogens is 3. The Morgan fingerprint density at radius 3 is 2.59 bits per heavy atom. The van der Waals surface area contributed by atoms with Gasteiger partial charge in [-0.1, -0.05) is 11.6 Å². The van der Waals surface area contributed by atoms with Crippen molar-refractivity contribution in [3.8, 4) is 11.5 Å². The molecule has 4 rings (SSSR count). The molecule has 12 heteroatoms. The Balaban J connectivity index is 1.50. The Bertz CT molecular complexity index is 1490. The number of rotatable bonds is 4. The summed E-state index contributed by atoms with van der Waals surface area (Å²) in [5.74, 6) is -2.72. The van der Waals surface area contributed by atoms with Crippen LogP contribution in [0.5, 0.6) is 0 Å². The summed E-state index contributed by atoms with van der Waals surface area (Å²) in [5.41, 5.74) is 1.74. The van der Waals surface area contributed by atoms with E-state index >= 15 is 0 Å². The molecule has 0 aliphatic heterocycles. The average molecular weight is 503 g/mol. The summed E-state index contributed by atoms with van der Waals surface area (Å²) in [4.78, 5) is 27.1. The Labute approximate surface area is 200 Å². The number of hydrogen-bond acceptors (Lipinski definition) is 6. The van der Waals surface area contributed by atoms with Crippen LogP contribution in [-0.2, 0) is 0 Å². The number of nitro benzene ring substituents is 1. The zero-order valence-electron chi connectivity index (χ0n) is 17.2. The van der Waals surface area contributed by atoms with E-state index in [4.69, 9.17) is 28.2 Å². The van der Waals surface area contributed by atoms with E-state index in [1.165, 1.54) is 25.1 Å². The Morgan fingerprint density at radius 2 is 1.88 bits per heavy atom. The first-order valence-electron chi connectivity index (χ1n) is 9.55. The first-order chi connectivity index (χ1) is 16.1. The van der Waals surface area contributed by atoms with E-state index in [1.807, 2.05) is 0 Å². The SMILES string of the molecule is Cc1cc(C(=O)NC(=S)Nc2ccc3oc(-c4cc(F)c(F)cc4Cl)nc3c2)ccc1[N+](=O)[O-]. The highest BCUT2D eigenvalue weighted by molar-refractivity contribution is 7.80. The maximum atomic E-state index is 13.6. The molecule has 3 aromatic carbocycles. The van der Waals surface area contributed by atoms with Crippen molar-refractivity contribution in [2.24, 2.45) is 0 Å².